The number of hydrogen-bond acceptors (Lipinski definition) is 7. The van der Waals surface area contributed by atoms with Gasteiger partial charge in [0.15, 0.2) is 0 Å². The van der Waals surface area contributed by atoms with Crippen LogP contribution in [0.5, 0.6) is 5.75 Å². The molecule has 0 aliphatic carbocycles. The van der Waals surface area contributed by atoms with Crippen LogP contribution >= 0.6 is 12.6 Å². The number of fused-ring (bicyclic) bond motifs is 1. The average molecular weight is 584 g/mol. The van der Waals surface area contributed by atoms with Crippen LogP contribution in [-0.4, -0.2) is 68.8 Å². The Bertz CT molecular complexity index is 1360. The molecule has 0 saturated carbocycles. The first-order valence-electron chi connectivity index (χ1n) is 13.3. The number of hydrogen-bond donors (Lipinski definition) is 8. The number of carbonyl (C=O) groups is 4. The van der Waals surface area contributed by atoms with Crippen LogP contribution in [0.4, 0.5) is 0 Å². The lowest BCUT2D eigenvalue weighted by Gasteiger charge is -2.26. The van der Waals surface area contributed by atoms with Crippen LogP contribution in [0, 0.1) is 5.92 Å². The second-order valence-electron chi connectivity index (χ2n) is 10.4. The SMILES string of the molecule is CC(C)CC(NC(=O)C(N)Cc1c[nH]c2ccccc12)C(=O)NC(Cc1ccc(O)cc1)C(=O)NC(CS)C(=O)O. The van der Waals surface area contributed by atoms with Gasteiger partial charge in [-0.25, -0.2) is 4.79 Å². The molecule has 0 bridgehead atoms. The van der Waals surface area contributed by atoms with Crippen molar-refractivity contribution in [1.29, 1.82) is 0 Å². The molecule has 3 aromatic rings. The number of carboxylic acids is 1. The smallest absolute Gasteiger partial charge is 0.327 e. The van der Waals surface area contributed by atoms with E-state index >= 15 is 0 Å². The van der Waals surface area contributed by atoms with E-state index in [0.717, 1.165) is 16.5 Å². The van der Waals surface area contributed by atoms with Gasteiger partial charge in [0.25, 0.3) is 0 Å². The Morgan fingerprint density at radius 3 is 2.12 bits per heavy atom. The van der Waals surface area contributed by atoms with Gasteiger partial charge < -0.3 is 36.9 Å². The number of benzene rings is 2. The first-order valence-corrected chi connectivity index (χ1v) is 13.9. The van der Waals surface area contributed by atoms with E-state index in [1.165, 1.54) is 12.1 Å². The average Bonchev–Trinajstić information content (AvgIpc) is 3.34. The highest BCUT2D eigenvalue weighted by Crippen LogP contribution is 2.19. The van der Waals surface area contributed by atoms with Crippen molar-refractivity contribution in [3.05, 3.63) is 65.9 Å². The Hall–Kier alpha value is -4.03. The van der Waals surface area contributed by atoms with Crippen LogP contribution in [0.3, 0.4) is 0 Å². The van der Waals surface area contributed by atoms with E-state index in [4.69, 9.17) is 5.73 Å². The Balaban J connectivity index is 1.75. The van der Waals surface area contributed by atoms with Gasteiger partial charge in [0.2, 0.25) is 17.7 Å². The third kappa shape index (κ3) is 8.98. The molecule has 220 valence electrons. The number of rotatable bonds is 14. The Labute approximate surface area is 243 Å². The second-order valence-corrected chi connectivity index (χ2v) is 10.7. The maximum Gasteiger partial charge on any atom is 0.327 e. The van der Waals surface area contributed by atoms with Gasteiger partial charge in [-0.05, 0) is 48.1 Å². The zero-order valence-corrected chi connectivity index (χ0v) is 23.9. The number of thiol groups is 1. The highest BCUT2D eigenvalue weighted by atomic mass is 32.1. The summed E-state index contributed by atoms with van der Waals surface area (Å²) < 4.78 is 0. The van der Waals surface area contributed by atoms with E-state index in [9.17, 15) is 29.4 Å². The Morgan fingerprint density at radius 1 is 0.878 bits per heavy atom. The van der Waals surface area contributed by atoms with Crippen LogP contribution < -0.4 is 21.7 Å². The van der Waals surface area contributed by atoms with E-state index < -0.39 is 47.9 Å². The highest BCUT2D eigenvalue weighted by Gasteiger charge is 2.31. The summed E-state index contributed by atoms with van der Waals surface area (Å²) in [6.45, 7) is 3.78. The fraction of sp³-hybridized carbons (Fsp3) is 0.379. The van der Waals surface area contributed by atoms with Gasteiger partial charge in [-0.15, -0.1) is 0 Å². The summed E-state index contributed by atoms with van der Waals surface area (Å²) in [5.74, 6) is -3.22. The molecule has 0 aliphatic heterocycles. The summed E-state index contributed by atoms with van der Waals surface area (Å²) in [5, 5.41) is 27.7. The number of carbonyl (C=O) groups excluding carboxylic acids is 3. The molecule has 4 unspecified atom stereocenters. The number of phenols is 1. The number of aliphatic carboxylic acids is 1. The second kappa shape index (κ2) is 14.6. The van der Waals surface area contributed by atoms with Gasteiger partial charge >= 0.3 is 5.97 Å². The van der Waals surface area contributed by atoms with Crippen molar-refractivity contribution >= 4 is 47.2 Å². The molecule has 0 radical (unpaired) electrons. The molecule has 11 nitrogen and oxygen atoms in total. The van der Waals surface area contributed by atoms with Gasteiger partial charge in [0, 0.05) is 29.3 Å². The molecule has 8 N–H and O–H groups in total. The van der Waals surface area contributed by atoms with E-state index in [2.05, 4.69) is 33.6 Å². The van der Waals surface area contributed by atoms with E-state index in [1.54, 1.807) is 18.3 Å². The van der Waals surface area contributed by atoms with Crippen LogP contribution in [-0.2, 0) is 32.0 Å². The molecular formula is C29H37N5O6S. The maximum atomic E-state index is 13.5. The lowest BCUT2D eigenvalue weighted by molar-refractivity contribution is -0.141. The topological polar surface area (TPSA) is 187 Å². The van der Waals surface area contributed by atoms with Crippen molar-refractivity contribution in [2.45, 2.75) is 57.3 Å². The minimum atomic E-state index is -1.27. The number of aromatic hydroxyl groups is 1. The van der Waals surface area contributed by atoms with Gasteiger partial charge in [0.1, 0.15) is 23.9 Å². The predicted molar refractivity (Wildman–Crippen MR) is 159 cm³/mol. The van der Waals surface area contributed by atoms with Gasteiger partial charge in [-0.3, -0.25) is 14.4 Å². The quantitative estimate of drug-likeness (QED) is 0.132. The molecule has 0 aliphatic rings. The van der Waals surface area contributed by atoms with Crippen molar-refractivity contribution in [3.8, 4) is 5.75 Å². The minimum absolute atomic E-state index is 0.0131. The molecule has 0 fully saturated rings. The fourth-order valence-electron chi connectivity index (χ4n) is 4.42. The zero-order chi connectivity index (χ0) is 30.1. The number of H-pyrrole nitrogens is 1. The first-order chi connectivity index (χ1) is 19.5. The van der Waals surface area contributed by atoms with E-state index in [0.29, 0.717) is 5.56 Å². The number of para-hydroxylation sites is 1. The number of nitrogens with one attached hydrogen (secondary N) is 4. The summed E-state index contributed by atoms with van der Waals surface area (Å²) >= 11 is 3.98. The maximum absolute atomic E-state index is 13.5. The van der Waals surface area contributed by atoms with Crippen molar-refractivity contribution in [2.24, 2.45) is 11.7 Å². The van der Waals surface area contributed by atoms with Crippen molar-refractivity contribution in [1.82, 2.24) is 20.9 Å². The molecule has 0 spiro atoms. The Kier molecular flexibility index (Phi) is 11.2. The predicted octanol–water partition coefficient (Wildman–Crippen LogP) is 1.50. The standard InChI is InChI=1S/C29H37N5O6S/c1-16(2)11-23(32-26(36)21(30)13-18-14-31-22-6-4-3-5-20(18)22)27(37)33-24(12-17-7-9-19(35)10-8-17)28(38)34-25(15-41)29(39)40/h3-10,14,16,21,23-25,31,35,41H,11-13,15,30H2,1-2H3,(H,32,36)(H,33,37)(H,34,38)(H,39,40). The number of amides is 3. The number of carboxylic acid groups (broad SMARTS) is 1. The summed E-state index contributed by atoms with van der Waals surface area (Å²) in [7, 11) is 0. The monoisotopic (exact) mass is 583 g/mol. The number of phenolic OH excluding ortho intramolecular Hbond substituents is 1. The lowest BCUT2D eigenvalue weighted by Crippen LogP contribution is -2.58. The molecule has 12 heteroatoms. The number of aromatic nitrogens is 1. The molecule has 2 aromatic carbocycles. The van der Waals surface area contributed by atoms with Crippen molar-refractivity contribution < 1.29 is 29.4 Å². The molecule has 3 rings (SSSR count). The molecule has 41 heavy (non-hydrogen) atoms. The number of nitrogens with two attached hydrogens (primary N) is 1. The molecule has 3 amide bonds. The molecule has 0 saturated heterocycles. The summed E-state index contributed by atoms with van der Waals surface area (Å²) in [6.07, 6.45) is 2.34. The summed E-state index contributed by atoms with van der Waals surface area (Å²) in [5.41, 5.74) is 8.65. The minimum Gasteiger partial charge on any atom is -0.508 e. The van der Waals surface area contributed by atoms with E-state index in [-0.39, 0.29) is 36.7 Å². The first kappa shape index (κ1) is 31.5. The summed E-state index contributed by atoms with van der Waals surface area (Å²) in [4.78, 5) is 54.3. The van der Waals surface area contributed by atoms with Crippen LogP contribution in [0.2, 0.25) is 0 Å². The third-order valence-corrected chi connectivity index (χ3v) is 6.96. The van der Waals surface area contributed by atoms with Crippen molar-refractivity contribution in [2.75, 3.05) is 5.75 Å². The molecule has 1 aromatic heterocycles. The number of aromatic amines is 1. The van der Waals surface area contributed by atoms with Gasteiger partial charge in [-0.2, -0.15) is 12.6 Å². The van der Waals surface area contributed by atoms with Crippen LogP contribution in [0.15, 0.2) is 54.7 Å². The van der Waals surface area contributed by atoms with Crippen LogP contribution in [0.1, 0.15) is 31.4 Å². The van der Waals surface area contributed by atoms with Crippen molar-refractivity contribution in [3.63, 3.8) is 0 Å². The molecule has 1 heterocycles. The summed E-state index contributed by atoms with van der Waals surface area (Å²) in [6, 6.07) is 9.36. The highest BCUT2D eigenvalue weighted by molar-refractivity contribution is 7.80. The molecular weight excluding hydrogens is 546 g/mol. The van der Waals surface area contributed by atoms with Gasteiger partial charge in [0.05, 0.1) is 6.04 Å². The zero-order valence-electron chi connectivity index (χ0n) is 23.0. The third-order valence-electron chi connectivity index (χ3n) is 6.60. The Morgan fingerprint density at radius 2 is 1.49 bits per heavy atom. The van der Waals surface area contributed by atoms with Gasteiger partial charge in [-0.1, -0.05) is 44.2 Å². The fourth-order valence-corrected chi connectivity index (χ4v) is 4.67. The normalized spacial score (nSPS) is 14.2. The van der Waals surface area contributed by atoms with E-state index in [1.807, 2.05) is 38.1 Å². The lowest BCUT2D eigenvalue weighted by atomic mass is 9.99. The van der Waals surface area contributed by atoms with Crippen LogP contribution in [0.25, 0.3) is 10.9 Å². The largest absolute Gasteiger partial charge is 0.508 e. The molecule has 4 atom stereocenters.